The van der Waals surface area contributed by atoms with Gasteiger partial charge in [-0.25, -0.2) is 4.79 Å². The quantitative estimate of drug-likeness (QED) is 0.707. The molecule has 2 unspecified atom stereocenters. The maximum absolute atomic E-state index is 12.3. The summed E-state index contributed by atoms with van der Waals surface area (Å²) in [6, 6.07) is -0.696. The van der Waals surface area contributed by atoms with Crippen molar-refractivity contribution in [3.05, 3.63) is 0 Å². The predicted molar refractivity (Wildman–Crippen MR) is 73.3 cm³/mol. The van der Waals surface area contributed by atoms with E-state index in [1.54, 1.807) is 27.8 Å². The van der Waals surface area contributed by atoms with Crippen LogP contribution in [0.5, 0.6) is 0 Å². The van der Waals surface area contributed by atoms with Gasteiger partial charge in [0, 0.05) is 26.2 Å². The van der Waals surface area contributed by atoms with Crippen LogP contribution in [0.3, 0.4) is 0 Å². The molecule has 0 spiro atoms. The third-order valence-corrected chi connectivity index (χ3v) is 3.07. The Morgan fingerprint density at radius 1 is 1.25 bits per heavy atom. The molecule has 2 amide bonds. The Kier molecular flexibility index (Phi) is 7.64. The highest BCUT2D eigenvalue weighted by Gasteiger charge is 2.25. The van der Waals surface area contributed by atoms with Gasteiger partial charge in [0.25, 0.3) is 0 Å². The minimum atomic E-state index is -0.950. The molecular formula is C13H24N2O5. The van der Waals surface area contributed by atoms with E-state index in [1.165, 1.54) is 16.9 Å². The summed E-state index contributed by atoms with van der Waals surface area (Å²) in [5, 5.41) is 8.79. The topological polar surface area (TPSA) is 87.2 Å². The van der Waals surface area contributed by atoms with E-state index < -0.39 is 17.9 Å². The van der Waals surface area contributed by atoms with Crippen LogP contribution in [0.25, 0.3) is 0 Å². The lowest BCUT2D eigenvalue weighted by Crippen LogP contribution is -2.48. The molecule has 0 aromatic heterocycles. The van der Waals surface area contributed by atoms with Gasteiger partial charge in [0.2, 0.25) is 0 Å². The average molecular weight is 288 g/mol. The maximum atomic E-state index is 12.3. The number of methoxy groups -OCH3 is 1. The van der Waals surface area contributed by atoms with Crippen LogP contribution in [0.2, 0.25) is 0 Å². The first-order valence-corrected chi connectivity index (χ1v) is 6.55. The highest BCUT2D eigenvalue weighted by atomic mass is 16.5. The Hall–Kier alpha value is -1.79. The van der Waals surface area contributed by atoms with Crippen molar-refractivity contribution in [2.24, 2.45) is 5.92 Å². The number of urea groups is 1. The summed E-state index contributed by atoms with van der Waals surface area (Å²) in [7, 11) is 2.88. The highest BCUT2D eigenvalue weighted by Crippen LogP contribution is 2.09. The largest absolute Gasteiger partial charge is 0.481 e. The minimum Gasteiger partial charge on any atom is -0.481 e. The fourth-order valence-corrected chi connectivity index (χ4v) is 1.98. The molecule has 7 heteroatoms. The number of hydrogen-bond donors (Lipinski definition) is 1. The molecule has 2 atom stereocenters. The Morgan fingerprint density at radius 3 is 2.20 bits per heavy atom. The van der Waals surface area contributed by atoms with E-state index in [-0.39, 0.29) is 25.0 Å². The van der Waals surface area contributed by atoms with Crippen molar-refractivity contribution >= 4 is 18.0 Å². The first-order chi connectivity index (χ1) is 9.24. The van der Waals surface area contributed by atoms with E-state index in [0.29, 0.717) is 6.54 Å². The van der Waals surface area contributed by atoms with Crippen LogP contribution < -0.4 is 0 Å². The van der Waals surface area contributed by atoms with E-state index >= 15 is 0 Å². The van der Waals surface area contributed by atoms with Crippen molar-refractivity contribution in [2.45, 2.75) is 33.2 Å². The van der Waals surface area contributed by atoms with Gasteiger partial charge in [-0.3, -0.25) is 9.59 Å². The fourth-order valence-electron chi connectivity index (χ4n) is 1.98. The third kappa shape index (κ3) is 5.46. The van der Waals surface area contributed by atoms with Gasteiger partial charge in [-0.2, -0.15) is 0 Å². The molecule has 0 aromatic carbocycles. The molecule has 0 rings (SSSR count). The SMILES string of the molecule is CCN(C(=O)N(C)CC(C)C(=O)OC)C(C)CC(=O)O. The van der Waals surface area contributed by atoms with E-state index in [9.17, 15) is 14.4 Å². The molecule has 0 aliphatic heterocycles. The summed E-state index contributed by atoms with van der Waals surface area (Å²) in [5.74, 6) is -1.76. The second-order valence-corrected chi connectivity index (χ2v) is 4.82. The number of carboxylic acids is 1. The van der Waals surface area contributed by atoms with Crippen molar-refractivity contribution in [2.75, 3.05) is 27.2 Å². The lowest BCUT2D eigenvalue weighted by Gasteiger charge is -2.32. The van der Waals surface area contributed by atoms with Crippen molar-refractivity contribution in [3.63, 3.8) is 0 Å². The van der Waals surface area contributed by atoms with Crippen molar-refractivity contribution < 1.29 is 24.2 Å². The summed E-state index contributed by atoms with van der Waals surface area (Å²) in [4.78, 5) is 37.2. The number of ether oxygens (including phenoxy) is 1. The van der Waals surface area contributed by atoms with Crippen molar-refractivity contribution in [1.29, 1.82) is 0 Å². The molecule has 0 bridgehead atoms. The van der Waals surface area contributed by atoms with Gasteiger partial charge in [0.1, 0.15) is 0 Å². The van der Waals surface area contributed by atoms with E-state index in [4.69, 9.17) is 5.11 Å². The second-order valence-electron chi connectivity index (χ2n) is 4.82. The molecule has 0 aromatic rings. The zero-order valence-corrected chi connectivity index (χ0v) is 12.8. The van der Waals surface area contributed by atoms with Gasteiger partial charge in [0.05, 0.1) is 19.4 Å². The van der Waals surface area contributed by atoms with Crippen LogP contribution in [0.1, 0.15) is 27.2 Å². The highest BCUT2D eigenvalue weighted by molar-refractivity contribution is 5.77. The van der Waals surface area contributed by atoms with Crippen molar-refractivity contribution in [1.82, 2.24) is 9.80 Å². The number of carbonyl (C=O) groups is 3. The van der Waals surface area contributed by atoms with Crippen LogP contribution in [0.15, 0.2) is 0 Å². The number of carboxylic acid groups (broad SMARTS) is 1. The normalized spacial score (nSPS) is 13.2. The standard InChI is InChI=1S/C13H24N2O5/c1-6-15(10(3)7-11(16)17)13(19)14(4)8-9(2)12(18)20-5/h9-10H,6-8H2,1-5H3,(H,16,17). The molecular weight excluding hydrogens is 264 g/mol. The zero-order chi connectivity index (χ0) is 15.9. The van der Waals surface area contributed by atoms with Crippen LogP contribution in [-0.4, -0.2) is 66.2 Å². The van der Waals surface area contributed by atoms with E-state index in [1.807, 2.05) is 0 Å². The maximum Gasteiger partial charge on any atom is 0.320 e. The van der Waals surface area contributed by atoms with Gasteiger partial charge in [0.15, 0.2) is 0 Å². The zero-order valence-electron chi connectivity index (χ0n) is 12.8. The predicted octanol–water partition coefficient (Wildman–Crippen LogP) is 1.03. The van der Waals surface area contributed by atoms with Gasteiger partial charge >= 0.3 is 18.0 Å². The Morgan fingerprint density at radius 2 is 1.80 bits per heavy atom. The molecule has 0 radical (unpaired) electrons. The van der Waals surface area contributed by atoms with Crippen LogP contribution in [-0.2, 0) is 14.3 Å². The van der Waals surface area contributed by atoms with E-state index in [0.717, 1.165) is 0 Å². The molecule has 0 fully saturated rings. The van der Waals surface area contributed by atoms with Gasteiger partial charge < -0.3 is 19.6 Å². The summed E-state index contributed by atoms with van der Waals surface area (Å²) in [5.41, 5.74) is 0. The first kappa shape index (κ1) is 18.2. The third-order valence-electron chi connectivity index (χ3n) is 3.07. The van der Waals surface area contributed by atoms with Crippen LogP contribution in [0, 0.1) is 5.92 Å². The van der Waals surface area contributed by atoms with Crippen LogP contribution in [0.4, 0.5) is 4.79 Å². The number of amides is 2. The lowest BCUT2D eigenvalue weighted by atomic mass is 10.1. The smallest absolute Gasteiger partial charge is 0.320 e. The fraction of sp³-hybridized carbons (Fsp3) is 0.769. The Balaban J connectivity index is 4.67. The molecule has 0 saturated carbocycles. The number of rotatable bonds is 7. The molecule has 20 heavy (non-hydrogen) atoms. The monoisotopic (exact) mass is 288 g/mol. The lowest BCUT2D eigenvalue weighted by molar-refractivity contribution is -0.145. The minimum absolute atomic E-state index is 0.111. The summed E-state index contributed by atoms with van der Waals surface area (Å²) >= 11 is 0. The van der Waals surface area contributed by atoms with Gasteiger partial charge in [-0.15, -0.1) is 0 Å². The summed E-state index contributed by atoms with van der Waals surface area (Å²) in [6.07, 6.45) is -0.111. The Labute approximate surface area is 119 Å². The summed E-state index contributed by atoms with van der Waals surface area (Å²) < 4.78 is 4.61. The van der Waals surface area contributed by atoms with E-state index in [2.05, 4.69) is 4.74 Å². The molecule has 1 N–H and O–H groups in total. The van der Waals surface area contributed by atoms with Crippen molar-refractivity contribution in [3.8, 4) is 0 Å². The number of aliphatic carboxylic acids is 1. The molecule has 116 valence electrons. The summed E-state index contributed by atoms with van der Waals surface area (Å²) in [6.45, 7) is 5.78. The Bertz CT molecular complexity index is 359. The molecule has 0 aliphatic rings. The first-order valence-electron chi connectivity index (χ1n) is 6.55. The number of carbonyl (C=O) groups excluding carboxylic acids is 2. The number of nitrogens with zero attached hydrogens (tertiary/aromatic N) is 2. The molecule has 0 saturated heterocycles. The average Bonchev–Trinajstić information content (AvgIpc) is 2.37. The number of hydrogen-bond acceptors (Lipinski definition) is 4. The molecule has 7 nitrogen and oxygen atoms in total. The number of esters is 1. The van der Waals surface area contributed by atoms with Gasteiger partial charge in [-0.05, 0) is 13.8 Å². The van der Waals surface area contributed by atoms with Gasteiger partial charge in [-0.1, -0.05) is 6.92 Å². The molecule has 0 aliphatic carbocycles. The molecule has 0 heterocycles. The van der Waals surface area contributed by atoms with Crippen LogP contribution >= 0.6 is 0 Å². The second kappa shape index (κ2) is 8.39.